The lowest BCUT2D eigenvalue weighted by Crippen LogP contribution is -2.49. The molecular formula is C25H28N6O3S. The molecule has 1 saturated heterocycles. The maximum Gasteiger partial charge on any atom is 0.261 e. The number of carbonyl (C=O) groups is 1. The first-order valence-corrected chi connectivity index (χ1v) is 12.6. The monoisotopic (exact) mass is 492 g/mol. The van der Waals surface area contributed by atoms with Crippen molar-refractivity contribution < 1.29 is 14.3 Å². The maximum absolute atomic E-state index is 13.6. The van der Waals surface area contributed by atoms with E-state index < -0.39 is 5.54 Å². The second-order valence-corrected chi connectivity index (χ2v) is 11.1. The third kappa shape index (κ3) is 3.63. The van der Waals surface area contributed by atoms with Gasteiger partial charge in [-0.3, -0.25) is 14.3 Å². The molecule has 3 aliphatic heterocycles. The summed E-state index contributed by atoms with van der Waals surface area (Å²) in [5.41, 5.74) is 6.58. The van der Waals surface area contributed by atoms with Crippen LogP contribution in [-0.2, 0) is 15.1 Å². The Morgan fingerprint density at radius 3 is 2.83 bits per heavy atom. The average molecular weight is 493 g/mol. The largest absolute Gasteiger partial charge is 0.490 e. The number of aliphatic imine (C=N–C) groups is 1. The highest BCUT2D eigenvalue weighted by molar-refractivity contribution is 7.17. The number of nitrogens with two attached hydrogens (primary N) is 1. The van der Waals surface area contributed by atoms with Gasteiger partial charge in [-0.2, -0.15) is 0 Å². The Morgan fingerprint density at radius 2 is 2.11 bits per heavy atom. The minimum absolute atomic E-state index is 0.114. The molecule has 1 fully saturated rings. The van der Waals surface area contributed by atoms with Gasteiger partial charge in [-0.1, -0.05) is 11.3 Å². The van der Waals surface area contributed by atoms with Crippen molar-refractivity contribution in [3.05, 3.63) is 48.7 Å². The summed E-state index contributed by atoms with van der Waals surface area (Å²) in [6.45, 7) is 4.89. The lowest BCUT2D eigenvalue weighted by atomic mass is 9.75. The van der Waals surface area contributed by atoms with Crippen LogP contribution in [0.5, 0.6) is 5.75 Å². The summed E-state index contributed by atoms with van der Waals surface area (Å²) in [4.78, 5) is 29.5. The second-order valence-electron chi connectivity index (χ2n) is 10.1. The van der Waals surface area contributed by atoms with E-state index in [-0.39, 0.29) is 29.5 Å². The van der Waals surface area contributed by atoms with Crippen molar-refractivity contribution in [2.45, 2.75) is 50.4 Å². The van der Waals surface area contributed by atoms with Crippen molar-refractivity contribution in [2.24, 2.45) is 16.6 Å². The molecule has 35 heavy (non-hydrogen) atoms. The molecule has 0 saturated carbocycles. The first kappa shape index (κ1) is 22.2. The summed E-state index contributed by atoms with van der Waals surface area (Å²) in [5, 5.41) is 0.822. The molecule has 3 aromatic rings. The summed E-state index contributed by atoms with van der Waals surface area (Å²) in [5.74, 6) is 1.07. The van der Waals surface area contributed by atoms with Gasteiger partial charge in [-0.25, -0.2) is 15.0 Å². The van der Waals surface area contributed by atoms with E-state index in [4.69, 9.17) is 20.2 Å². The zero-order valence-corrected chi connectivity index (χ0v) is 20.8. The molecule has 3 unspecified atom stereocenters. The zero-order valence-electron chi connectivity index (χ0n) is 20.0. The predicted octanol–water partition coefficient (Wildman–Crippen LogP) is 3.33. The average Bonchev–Trinajstić information content (AvgIpc) is 3.57. The fourth-order valence-electron chi connectivity index (χ4n) is 5.47. The van der Waals surface area contributed by atoms with E-state index >= 15 is 0 Å². The number of guanidine groups is 1. The van der Waals surface area contributed by atoms with Crippen LogP contribution < -0.4 is 10.5 Å². The number of nitrogens with zero attached hydrogens (tertiary/aromatic N) is 5. The Hall–Kier alpha value is -3.24. The van der Waals surface area contributed by atoms with E-state index in [1.165, 1.54) is 4.90 Å². The van der Waals surface area contributed by atoms with Crippen molar-refractivity contribution in [1.29, 1.82) is 0 Å². The quantitative estimate of drug-likeness (QED) is 0.601. The van der Waals surface area contributed by atoms with Gasteiger partial charge in [0.15, 0.2) is 16.6 Å². The van der Waals surface area contributed by atoms with E-state index in [0.717, 1.165) is 34.0 Å². The van der Waals surface area contributed by atoms with Gasteiger partial charge >= 0.3 is 0 Å². The lowest BCUT2D eigenvalue weighted by Gasteiger charge is -2.44. The first-order valence-electron chi connectivity index (χ1n) is 11.8. The molecule has 6 rings (SSSR count). The molecule has 10 heteroatoms. The van der Waals surface area contributed by atoms with Gasteiger partial charge in [0.2, 0.25) is 0 Å². The van der Waals surface area contributed by atoms with E-state index in [1.54, 1.807) is 30.9 Å². The number of ether oxygens (including phenoxy) is 2. The molecule has 0 bridgehead atoms. The highest BCUT2D eigenvalue weighted by Crippen LogP contribution is 2.50. The number of benzene rings is 1. The zero-order chi connectivity index (χ0) is 24.4. The van der Waals surface area contributed by atoms with E-state index in [0.29, 0.717) is 18.8 Å². The van der Waals surface area contributed by atoms with Crippen molar-refractivity contribution in [1.82, 2.24) is 19.4 Å². The second kappa shape index (κ2) is 7.89. The summed E-state index contributed by atoms with van der Waals surface area (Å²) in [6.07, 6.45) is 9.20. The van der Waals surface area contributed by atoms with Crippen LogP contribution in [0.2, 0.25) is 0 Å². The lowest BCUT2D eigenvalue weighted by molar-refractivity contribution is -0.134. The maximum atomic E-state index is 13.6. The number of likely N-dealkylation sites (N-methyl/N-ethyl adjacent to an activating group) is 1. The van der Waals surface area contributed by atoms with Crippen LogP contribution in [0.4, 0.5) is 0 Å². The van der Waals surface area contributed by atoms with Gasteiger partial charge < -0.3 is 15.2 Å². The Labute approximate surface area is 207 Å². The molecule has 9 nitrogen and oxygen atoms in total. The Balaban J connectivity index is 1.41. The molecule has 3 aliphatic rings. The van der Waals surface area contributed by atoms with Gasteiger partial charge in [0.25, 0.3) is 5.91 Å². The van der Waals surface area contributed by atoms with Gasteiger partial charge in [0.1, 0.15) is 18.2 Å². The molecule has 0 aliphatic carbocycles. The van der Waals surface area contributed by atoms with Gasteiger partial charge in [-0.15, -0.1) is 0 Å². The van der Waals surface area contributed by atoms with Crippen LogP contribution in [0.3, 0.4) is 0 Å². The van der Waals surface area contributed by atoms with E-state index in [9.17, 15) is 4.79 Å². The summed E-state index contributed by atoms with van der Waals surface area (Å²) in [6, 6.07) is 5.99. The molecule has 3 atom stereocenters. The Morgan fingerprint density at radius 1 is 1.26 bits per heavy atom. The summed E-state index contributed by atoms with van der Waals surface area (Å²) in [7, 11) is 1.68. The Kier molecular flexibility index (Phi) is 5.01. The smallest absolute Gasteiger partial charge is 0.261 e. The highest BCUT2D eigenvalue weighted by Gasteiger charge is 2.55. The number of amides is 1. The number of imidazole rings is 1. The molecule has 5 heterocycles. The number of aromatic nitrogens is 3. The number of thiazole rings is 1. The SMILES string of the molecule is CN1C(=O)C2(CC(C3CCOC(C)(C)C3)Oc3ccc(-c4cnc(-n5ccnc5)s4)cc32)N=C1N. The van der Waals surface area contributed by atoms with Crippen LogP contribution >= 0.6 is 11.3 Å². The van der Waals surface area contributed by atoms with Crippen LogP contribution in [0.1, 0.15) is 38.7 Å². The number of hydrogen-bond donors (Lipinski definition) is 1. The number of hydrogen-bond acceptors (Lipinski definition) is 8. The topological polar surface area (TPSA) is 108 Å². The summed E-state index contributed by atoms with van der Waals surface area (Å²) >= 11 is 1.55. The molecule has 1 amide bonds. The Bertz CT molecular complexity index is 1320. The molecular weight excluding hydrogens is 464 g/mol. The fraction of sp³-hybridized carbons (Fsp3) is 0.440. The van der Waals surface area contributed by atoms with Gasteiger partial charge in [0.05, 0.1) is 10.5 Å². The van der Waals surface area contributed by atoms with Crippen molar-refractivity contribution in [3.8, 4) is 21.3 Å². The molecule has 0 radical (unpaired) electrons. The third-order valence-corrected chi connectivity index (χ3v) is 8.33. The van der Waals surface area contributed by atoms with Crippen molar-refractivity contribution >= 4 is 23.2 Å². The van der Waals surface area contributed by atoms with Crippen LogP contribution in [-0.4, -0.2) is 56.7 Å². The van der Waals surface area contributed by atoms with Crippen LogP contribution in [0.25, 0.3) is 15.6 Å². The van der Waals surface area contributed by atoms with E-state index in [2.05, 4.69) is 23.8 Å². The first-order chi connectivity index (χ1) is 16.8. The number of carbonyl (C=O) groups excluding carboxylic acids is 1. The van der Waals surface area contributed by atoms with Crippen LogP contribution in [0, 0.1) is 5.92 Å². The van der Waals surface area contributed by atoms with Crippen LogP contribution in [0.15, 0.2) is 48.1 Å². The number of fused-ring (bicyclic) bond motifs is 2. The normalized spacial score (nSPS) is 27.6. The summed E-state index contributed by atoms with van der Waals surface area (Å²) < 4.78 is 14.4. The van der Waals surface area contributed by atoms with Gasteiger partial charge in [0, 0.05) is 50.1 Å². The molecule has 2 N–H and O–H groups in total. The third-order valence-electron chi connectivity index (χ3n) is 7.27. The highest BCUT2D eigenvalue weighted by atomic mass is 32.1. The number of rotatable bonds is 3. The minimum Gasteiger partial charge on any atom is -0.490 e. The molecule has 2 aromatic heterocycles. The van der Waals surface area contributed by atoms with E-state index in [1.807, 2.05) is 35.2 Å². The molecule has 182 valence electrons. The molecule has 1 spiro atoms. The van der Waals surface area contributed by atoms with Crippen molar-refractivity contribution in [2.75, 3.05) is 13.7 Å². The fourth-order valence-corrected chi connectivity index (χ4v) is 6.34. The van der Waals surface area contributed by atoms with Crippen molar-refractivity contribution in [3.63, 3.8) is 0 Å². The standard InChI is InChI=1S/C25H28N6O3S/c1-24(2)11-16(6-9-33-24)19-12-25(21(32)30(3)22(26)29-25)17-10-15(4-5-18(17)34-19)20-13-28-23(35-20)31-8-7-27-14-31/h4-5,7-8,10,13-14,16,19H,6,9,11-12H2,1-3H3,(H2,26,29). The molecule has 1 aromatic carbocycles. The van der Waals surface area contributed by atoms with Gasteiger partial charge in [-0.05, 0) is 50.5 Å². The predicted molar refractivity (Wildman–Crippen MR) is 133 cm³/mol. The minimum atomic E-state index is -1.09.